The lowest BCUT2D eigenvalue weighted by Crippen LogP contribution is -2.20. The van der Waals surface area contributed by atoms with Crippen LogP contribution >= 0.6 is 0 Å². The molecular weight excluding hydrogens is 166 g/mol. The van der Waals surface area contributed by atoms with Gasteiger partial charge in [0.1, 0.15) is 0 Å². The van der Waals surface area contributed by atoms with Crippen LogP contribution in [0.2, 0.25) is 0 Å². The van der Waals surface area contributed by atoms with Crippen LogP contribution in [0.15, 0.2) is 11.1 Å². The van der Waals surface area contributed by atoms with Gasteiger partial charge < -0.3 is 0 Å². The fraction of sp³-hybridized carbons (Fsp3) is 0.600. The number of amides is 2. The van der Waals surface area contributed by atoms with Crippen LogP contribution in [0.1, 0.15) is 38.5 Å². The number of carbonyl (C=O) groups is 2. The molecule has 2 aliphatic rings. The van der Waals surface area contributed by atoms with Gasteiger partial charge in [-0.15, -0.1) is 0 Å². The highest BCUT2D eigenvalue weighted by atomic mass is 16.2. The Hall–Kier alpha value is -1.12. The summed E-state index contributed by atoms with van der Waals surface area (Å²) in [5.74, 6) is -0.292. The minimum absolute atomic E-state index is 0.141. The number of rotatable bonds is 0. The molecule has 70 valence electrons. The molecule has 0 aromatic rings. The summed E-state index contributed by atoms with van der Waals surface area (Å²) in [6, 6.07) is 0. The Labute approximate surface area is 77.2 Å². The van der Waals surface area contributed by atoms with E-state index in [4.69, 9.17) is 0 Å². The molecule has 0 unspecified atom stereocenters. The van der Waals surface area contributed by atoms with E-state index >= 15 is 0 Å². The van der Waals surface area contributed by atoms with Gasteiger partial charge in [-0.2, -0.15) is 0 Å². The van der Waals surface area contributed by atoms with E-state index in [1.807, 2.05) is 0 Å². The smallest absolute Gasteiger partial charge is 0.254 e. The second-order valence-corrected chi connectivity index (χ2v) is 3.70. The van der Waals surface area contributed by atoms with E-state index in [1.165, 1.54) is 24.8 Å². The molecule has 1 N–H and O–H groups in total. The van der Waals surface area contributed by atoms with Gasteiger partial charge in [-0.1, -0.05) is 12.0 Å². The Kier molecular flexibility index (Phi) is 2.17. The summed E-state index contributed by atoms with van der Waals surface area (Å²) in [6.07, 6.45) is 5.92. The monoisotopic (exact) mass is 179 g/mol. The molecular formula is C10H13NO2. The van der Waals surface area contributed by atoms with E-state index in [-0.39, 0.29) is 11.8 Å². The quantitative estimate of drug-likeness (QED) is 0.450. The maximum Gasteiger partial charge on any atom is 0.254 e. The second kappa shape index (κ2) is 3.32. The first-order valence-electron chi connectivity index (χ1n) is 4.82. The van der Waals surface area contributed by atoms with Crippen molar-refractivity contribution in [2.75, 3.05) is 0 Å². The zero-order valence-electron chi connectivity index (χ0n) is 7.56. The molecule has 3 heteroatoms. The minimum Gasteiger partial charge on any atom is -0.292 e. The number of hydrogen-bond acceptors (Lipinski definition) is 2. The fourth-order valence-corrected chi connectivity index (χ4v) is 2.05. The van der Waals surface area contributed by atoms with Crippen LogP contribution in [0.5, 0.6) is 0 Å². The van der Waals surface area contributed by atoms with E-state index in [9.17, 15) is 9.59 Å². The van der Waals surface area contributed by atoms with Crippen molar-refractivity contribution >= 4 is 11.8 Å². The molecule has 3 nitrogen and oxygen atoms in total. The Bertz CT molecular complexity index is 283. The van der Waals surface area contributed by atoms with Crippen molar-refractivity contribution in [2.24, 2.45) is 0 Å². The average molecular weight is 179 g/mol. The molecule has 13 heavy (non-hydrogen) atoms. The number of carbonyl (C=O) groups excluding carboxylic acids is 2. The van der Waals surface area contributed by atoms with Crippen molar-refractivity contribution in [1.29, 1.82) is 0 Å². The first-order valence-corrected chi connectivity index (χ1v) is 4.82. The topological polar surface area (TPSA) is 46.2 Å². The van der Waals surface area contributed by atoms with Gasteiger partial charge in [0, 0.05) is 5.57 Å². The summed E-state index contributed by atoms with van der Waals surface area (Å²) in [5.41, 5.74) is 1.97. The molecule has 2 fully saturated rings. The molecule has 1 aliphatic carbocycles. The first-order chi connectivity index (χ1) is 6.27. The van der Waals surface area contributed by atoms with Crippen LogP contribution in [-0.4, -0.2) is 11.8 Å². The van der Waals surface area contributed by atoms with E-state index in [0.717, 1.165) is 18.4 Å². The van der Waals surface area contributed by atoms with Crippen LogP contribution in [-0.2, 0) is 9.59 Å². The molecule has 2 rings (SSSR count). The predicted octanol–water partition coefficient (Wildman–Crippen LogP) is 1.29. The number of hydrogen-bond donors (Lipinski definition) is 1. The minimum atomic E-state index is -0.151. The molecule has 0 aromatic carbocycles. The van der Waals surface area contributed by atoms with Crippen molar-refractivity contribution in [3.8, 4) is 0 Å². The maximum absolute atomic E-state index is 11.3. The third kappa shape index (κ3) is 1.64. The summed E-state index contributed by atoms with van der Waals surface area (Å²) < 4.78 is 0. The summed E-state index contributed by atoms with van der Waals surface area (Å²) in [7, 11) is 0. The number of allylic oxidation sites excluding steroid dienone is 1. The summed E-state index contributed by atoms with van der Waals surface area (Å²) >= 11 is 0. The van der Waals surface area contributed by atoms with E-state index in [2.05, 4.69) is 5.32 Å². The lowest BCUT2D eigenvalue weighted by atomic mass is 9.90. The van der Waals surface area contributed by atoms with Crippen molar-refractivity contribution in [3.05, 3.63) is 11.1 Å². The highest BCUT2D eigenvalue weighted by Crippen LogP contribution is 2.28. The van der Waals surface area contributed by atoms with Crippen LogP contribution in [0.4, 0.5) is 0 Å². The molecule has 0 spiro atoms. The zero-order valence-corrected chi connectivity index (χ0v) is 7.56. The average Bonchev–Trinajstić information content (AvgIpc) is 2.47. The third-order valence-corrected chi connectivity index (χ3v) is 2.75. The molecule has 1 saturated heterocycles. The summed E-state index contributed by atoms with van der Waals surface area (Å²) in [4.78, 5) is 22.2. The fourth-order valence-electron chi connectivity index (χ4n) is 2.05. The van der Waals surface area contributed by atoms with Crippen LogP contribution in [0.25, 0.3) is 0 Å². The number of imide groups is 1. The van der Waals surface area contributed by atoms with Gasteiger partial charge in [0.2, 0.25) is 5.91 Å². The third-order valence-electron chi connectivity index (χ3n) is 2.75. The van der Waals surface area contributed by atoms with Gasteiger partial charge in [-0.25, -0.2) is 0 Å². The molecule has 0 radical (unpaired) electrons. The summed E-state index contributed by atoms with van der Waals surface area (Å²) in [6.45, 7) is 0. The Balaban J connectivity index is 2.21. The largest absolute Gasteiger partial charge is 0.292 e. The molecule has 1 saturated carbocycles. The molecule has 2 amide bonds. The number of nitrogens with one attached hydrogen (secondary N) is 1. The maximum atomic E-state index is 11.3. The Morgan fingerprint density at radius 3 is 2.23 bits per heavy atom. The molecule has 1 aliphatic heterocycles. The van der Waals surface area contributed by atoms with Gasteiger partial charge >= 0.3 is 0 Å². The Morgan fingerprint density at radius 2 is 1.69 bits per heavy atom. The normalized spacial score (nSPS) is 23.7. The summed E-state index contributed by atoms with van der Waals surface area (Å²) in [5, 5.41) is 2.33. The molecule has 0 aromatic heterocycles. The SMILES string of the molecule is O=C1CC(=C2CCCCC2)C(=O)N1. The van der Waals surface area contributed by atoms with Gasteiger partial charge in [-0.05, 0) is 25.7 Å². The Morgan fingerprint density at radius 1 is 1.00 bits per heavy atom. The highest BCUT2D eigenvalue weighted by Gasteiger charge is 2.27. The standard InChI is InChI=1S/C10H13NO2/c12-9-6-8(10(13)11-9)7-4-2-1-3-5-7/h1-6H2,(H,11,12,13). The van der Waals surface area contributed by atoms with Crippen molar-refractivity contribution in [3.63, 3.8) is 0 Å². The highest BCUT2D eigenvalue weighted by molar-refractivity contribution is 6.13. The lowest BCUT2D eigenvalue weighted by Gasteiger charge is -2.14. The lowest BCUT2D eigenvalue weighted by molar-refractivity contribution is -0.124. The van der Waals surface area contributed by atoms with E-state index in [1.54, 1.807) is 0 Å². The van der Waals surface area contributed by atoms with Gasteiger partial charge in [0.25, 0.3) is 5.91 Å². The van der Waals surface area contributed by atoms with Crippen LogP contribution in [0, 0.1) is 0 Å². The zero-order chi connectivity index (χ0) is 9.26. The second-order valence-electron chi connectivity index (χ2n) is 3.70. The predicted molar refractivity (Wildman–Crippen MR) is 47.9 cm³/mol. The molecule has 1 heterocycles. The molecule has 0 bridgehead atoms. The van der Waals surface area contributed by atoms with Gasteiger partial charge in [0.15, 0.2) is 0 Å². The van der Waals surface area contributed by atoms with E-state index in [0.29, 0.717) is 6.42 Å². The van der Waals surface area contributed by atoms with Gasteiger partial charge in [-0.3, -0.25) is 14.9 Å². The van der Waals surface area contributed by atoms with Crippen LogP contribution in [0.3, 0.4) is 0 Å². The van der Waals surface area contributed by atoms with Gasteiger partial charge in [0.05, 0.1) is 6.42 Å². The first kappa shape index (κ1) is 8.48. The van der Waals surface area contributed by atoms with Crippen LogP contribution < -0.4 is 5.32 Å². The van der Waals surface area contributed by atoms with Crippen molar-refractivity contribution in [1.82, 2.24) is 5.32 Å². The van der Waals surface area contributed by atoms with Crippen molar-refractivity contribution in [2.45, 2.75) is 38.5 Å². The molecule has 0 atom stereocenters. The van der Waals surface area contributed by atoms with Crippen molar-refractivity contribution < 1.29 is 9.59 Å². The van der Waals surface area contributed by atoms with E-state index < -0.39 is 0 Å².